The molecule has 2 aromatic rings. The SMILES string of the molecule is Cc1cc2ncc(CNC(C)C(C)(C)C)cn2n1. The molecular formula is C14H22N4. The first-order chi connectivity index (χ1) is 8.36. The van der Waals surface area contributed by atoms with Crippen LogP contribution in [0, 0.1) is 12.3 Å². The highest BCUT2D eigenvalue weighted by atomic mass is 15.2. The predicted octanol–water partition coefficient (Wildman–Crippen LogP) is 2.56. The number of nitrogens with one attached hydrogen (secondary N) is 1. The molecule has 1 unspecified atom stereocenters. The van der Waals surface area contributed by atoms with Crippen LogP contribution in [0.15, 0.2) is 18.5 Å². The van der Waals surface area contributed by atoms with Crippen molar-refractivity contribution in [3.05, 3.63) is 29.7 Å². The van der Waals surface area contributed by atoms with E-state index in [0.717, 1.165) is 23.4 Å². The summed E-state index contributed by atoms with van der Waals surface area (Å²) in [7, 11) is 0. The number of aryl methyl sites for hydroxylation is 1. The molecule has 0 radical (unpaired) electrons. The van der Waals surface area contributed by atoms with Crippen molar-refractivity contribution in [1.29, 1.82) is 0 Å². The number of hydrogen-bond donors (Lipinski definition) is 1. The second-order valence-electron chi connectivity index (χ2n) is 6.02. The van der Waals surface area contributed by atoms with Crippen LogP contribution in [0.2, 0.25) is 0 Å². The topological polar surface area (TPSA) is 42.2 Å². The smallest absolute Gasteiger partial charge is 0.155 e. The van der Waals surface area contributed by atoms with Gasteiger partial charge in [0, 0.05) is 36.6 Å². The van der Waals surface area contributed by atoms with Gasteiger partial charge in [-0.05, 0) is 19.3 Å². The number of rotatable bonds is 3. The van der Waals surface area contributed by atoms with Crippen molar-refractivity contribution in [2.24, 2.45) is 5.41 Å². The van der Waals surface area contributed by atoms with Crippen LogP contribution in [-0.2, 0) is 6.54 Å². The fraction of sp³-hybridized carbons (Fsp3) is 0.571. The van der Waals surface area contributed by atoms with Gasteiger partial charge in [-0.25, -0.2) is 9.50 Å². The minimum atomic E-state index is 0.264. The minimum Gasteiger partial charge on any atom is -0.310 e. The summed E-state index contributed by atoms with van der Waals surface area (Å²) < 4.78 is 1.84. The summed E-state index contributed by atoms with van der Waals surface area (Å²) in [4.78, 5) is 4.40. The molecule has 2 heterocycles. The quantitative estimate of drug-likeness (QED) is 0.905. The molecule has 98 valence electrons. The predicted molar refractivity (Wildman–Crippen MR) is 73.5 cm³/mol. The van der Waals surface area contributed by atoms with Crippen molar-refractivity contribution in [3.8, 4) is 0 Å². The first-order valence-electron chi connectivity index (χ1n) is 6.40. The van der Waals surface area contributed by atoms with Crippen LogP contribution in [0.1, 0.15) is 39.0 Å². The average molecular weight is 246 g/mol. The van der Waals surface area contributed by atoms with Gasteiger partial charge in [-0.3, -0.25) is 0 Å². The number of aromatic nitrogens is 3. The molecule has 0 amide bonds. The van der Waals surface area contributed by atoms with E-state index in [4.69, 9.17) is 0 Å². The summed E-state index contributed by atoms with van der Waals surface area (Å²) in [5, 5.41) is 7.91. The van der Waals surface area contributed by atoms with Crippen molar-refractivity contribution in [3.63, 3.8) is 0 Å². The lowest BCUT2D eigenvalue weighted by Gasteiger charge is -2.28. The molecule has 0 saturated heterocycles. The van der Waals surface area contributed by atoms with Gasteiger partial charge in [-0.2, -0.15) is 5.10 Å². The van der Waals surface area contributed by atoms with Crippen molar-refractivity contribution in [1.82, 2.24) is 19.9 Å². The highest BCUT2D eigenvalue weighted by Crippen LogP contribution is 2.18. The summed E-state index contributed by atoms with van der Waals surface area (Å²) in [6.07, 6.45) is 3.95. The van der Waals surface area contributed by atoms with E-state index < -0.39 is 0 Å². The number of fused-ring (bicyclic) bond motifs is 1. The maximum Gasteiger partial charge on any atom is 0.155 e. The summed E-state index contributed by atoms with van der Waals surface area (Å²) in [6, 6.07) is 2.43. The largest absolute Gasteiger partial charge is 0.310 e. The Morgan fingerprint density at radius 2 is 2.11 bits per heavy atom. The van der Waals surface area contributed by atoms with Crippen LogP contribution < -0.4 is 5.32 Å². The lowest BCUT2D eigenvalue weighted by molar-refractivity contribution is 0.285. The Kier molecular flexibility index (Phi) is 3.39. The lowest BCUT2D eigenvalue weighted by Crippen LogP contribution is -2.37. The van der Waals surface area contributed by atoms with Gasteiger partial charge in [-0.1, -0.05) is 20.8 Å². The third kappa shape index (κ3) is 2.88. The zero-order valence-corrected chi connectivity index (χ0v) is 11.9. The zero-order chi connectivity index (χ0) is 13.3. The van der Waals surface area contributed by atoms with Gasteiger partial charge in [0.05, 0.1) is 5.69 Å². The van der Waals surface area contributed by atoms with E-state index in [0.29, 0.717) is 6.04 Å². The van der Waals surface area contributed by atoms with E-state index >= 15 is 0 Å². The highest BCUT2D eigenvalue weighted by molar-refractivity contribution is 5.38. The molecule has 0 aliphatic rings. The summed E-state index contributed by atoms with van der Waals surface area (Å²) in [6.45, 7) is 11.7. The Balaban J connectivity index is 2.08. The van der Waals surface area contributed by atoms with Crippen molar-refractivity contribution in [2.45, 2.75) is 47.2 Å². The highest BCUT2D eigenvalue weighted by Gasteiger charge is 2.19. The molecule has 0 aromatic carbocycles. The summed E-state index contributed by atoms with van der Waals surface area (Å²) in [5.74, 6) is 0. The van der Waals surface area contributed by atoms with Crippen LogP contribution in [-0.4, -0.2) is 20.6 Å². The van der Waals surface area contributed by atoms with E-state index in [1.54, 1.807) is 0 Å². The molecule has 2 aromatic heterocycles. The van der Waals surface area contributed by atoms with Crippen molar-refractivity contribution >= 4 is 5.65 Å². The van der Waals surface area contributed by atoms with E-state index in [1.807, 2.05) is 29.9 Å². The molecule has 0 bridgehead atoms. The van der Waals surface area contributed by atoms with Gasteiger partial charge in [0.2, 0.25) is 0 Å². The minimum absolute atomic E-state index is 0.264. The van der Waals surface area contributed by atoms with Gasteiger partial charge in [0.1, 0.15) is 0 Å². The first-order valence-corrected chi connectivity index (χ1v) is 6.40. The Morgan fingerprint density at radius 1 is 1.39 bits per heavy atom. The molecule has 0 aliphatic heterocycles. The molecule has 1 atom stereocenters. The van der Waals surface area contributed by atoms with Gasteiger partial charge < -0.3 is 5.32 Å². The van der Waals surface area contributed by atoms with Crippen LogP contribution in [0.3, 0.4) is 0 Å². The van der Waals surface area contributed by atoms with E-state index in [1.165, 1.54) is 0 Å². The Hall–Kier alpha value is -1.42. The second kappa shape index (κ2) is 4.69. The van der Waals surface area contributed by atoms with Crippen LogP contribution in [0.25, 0.3) is 5.65 Å². The third-order valence-corrected chi connectivity index (χ3v) is 3.40. The monoisotopic (exact) mass is 246 g/mol. The Morgan fingerprint density at radius 3 is 2.78 bits per heavy atom. The Labute approximate surface area is 108 Å². The maximum absolute atomic E-state index is 4.40. The number of hydrogen-bond acceptors (Lipinski definition) is 3. The Bertz CT molecular complexity index is 536. The molecular weight excluding hydrogens is 224 g/mol. The molecule has 0 spiro atoms. The standard InChI is InChI=1S/C14H22N4/c1-10-6-13-16-8-12(9-18(13)17-10)7-15-11(2)14(3,4)5/h6,8-9,11,15H,7H2,1-5H3. The maximum atomic E-state index is 4.40. The molecule has 2 rings (SSSR count). The normalized spacial score (nSPS) is 14.1. The molecule has 0 fully saturated rings. The third-order valence-electron chi connectivity index (χ3n) is 3.40. The van der Waals surface area contributed by atoms with Crippen molar-refractivity contribution in [2.75, 3.05) is 0 Å². The average Bonchev–Trinajstić information content (AvgIpc) is 2.63. The lowest BCUT2D eigenvalue weighted by atomic mass is 9.88. The van der Waals surface area contributed by atoms with Gasteiger partial charge >= 0.3 is 0 Å². The van der Waals surface area contributed by atoms with E-state index in [-0.39, 0.29) is 5.41 Å². The molecule has 4 heteroatoms. The molecule has 4 nitrogen and oxygen atoms in total. The first kappa shape index (κ1) is 13.0. The summed E-state index contributed by atoms with van der Waals surface area (Å²) in [5.41, 5.74) is 3.32. The number of nitrogens with zero attached hydrogens (tertiary/aromatic N) is 3. The second-order valence-corrected chi connectivity index (χ2v) is 6.02. The fourth-order valence-corrected chi connectivity index (χ4v) is 1.70. The van der Waals surface area contributed by atoms with Gasteiger partial charge in [0.25, 0.3) is 0 Å². The molecule has 1 N–H and O–H groups in total. The summed E-state index contributed by atoms with van der Waals surface area (Å²) >= 11 is 0. The van der Waals surface area contributed by atoms with E-state index in [9.17, 15) is 0 Å². The molecule has 18 heavy (non-hydrogen) atoms. The van der Waals surface area contributed by atoms with Crippen LogP contribution in [0.5, 0.6) is 0 Å². The van der Waals surface area contributed by atoms with Crippen molar-refractivity contribution < 1.29 is 0 Å². The van der Waals surface area contributed by atoms with Gasteiger partial charge in [-0.15, -0.1) is 0 Å². The van der Waals surface area contributed by atoms with E-state index in [2.05, 4.69) is 43.1 Å². The van der Waals surface area contributed by atoms with Gasteiger partial charge in [0.15, 0.2) is 5.65 Å². The van der Waals surface area contributed by atoms with Crippen LogP contribution >= 0.6 is 0 Å². The van der Waals surface area contributed by atoms with Crippen LogP contribution in [0.4, 0.5) is 0 Å². The molecule has 0 saturated carbocycles. The molecule has 0 aliphatic carbocycles. The zero-order valence-electron chi connectivity index (χ0n) is 11.9. The fourth-order valence-electron chi connectivity index (χ4n) is 1.70.